The first-order valence-corrected chi connectivity index (χ1v) is 7.94. The fourth-order valence-corrected chi connectivity index (χ4v) is 2.70. The molecule has 0 heterocycles. The molecule has 0 aliphatic heterocycles. The third-order valence-corrected chi connectivity index (χ3v) is 3.57. The average Bonchev–Trinajstić information content (AvgIpc) is 2.37. The first-order chi connectivity index (χ1) is 9.88. The lowest BCUT2D eigenvalue weighted by Gasteiger charge is -2.14. The Morgan fingerprint density at radius 2 is 2.10 bits per heavy atom. The van der Waals surface area contributed by atoms with Gasteiger partial charge in [-0.15, -0.1) is 0 Å². The van der Waals surface area contributed by atoms with E-state index in [9.17, 15) is 8.42 Å². The minimum atomic E-state index is -3.68. The summed E-state index contributed by atoms with van der Waals surface area (Å²) in [7, 11) is -2.22. The molecule has 7 heteroatoms. The second-order valence-corrected chi connectivity index (χ2v) is 6.02. The van der Waals surface area contributed by atoms with Crippen LogP contribution in [0.15, 0.2) is 18.2 Å². The molecule has 0 aliphatic rings. The van der Waals surface area contributed by atoms with Crippen molar-refractivity contribution in [2.45, 2.75) is 26.3 Å². The van der Waals surface area contributed by atoms with Crippen LogP contribution >= 0.6 is 0 Å². The minimum Gasteiger partial charge on any atom is -0.495 e. The molecule has 6 nitrogen and oxygen atoms in total. The molecule has 0 aliphatic carbocycles. The van der Waals surface area contributed by atoms with Gasteiger partial charge in [0, 0.05) is 18.0 Å². The zero-order chi connectivity index (χ0) is 15.9. The molecule has 0 saturated heterocycles. The van der Waals surface area contributed by atoms with Crippen molar-refractivity contribution in [2.24, 2.45) is 0 Å². The molecule has 1 aromatic carbocycles. The van der Waals surface area contributed by atoms with Crippen LogP contribution in [0.25, 0.3) is 0 Å². The maximum Gasteiger partial charge on any atom is 0.299 e. The average molecular weight is 312 g/mol. The van der Waals surface area contributed by atoms with E-state index in [1.807, 2.05) is 0 Å². The highest BCUT2D eigenvalue weighted by atomic mass is 32.2. The van der Waals surface area contributed by atoms with Crippen molar-refractivity contribution in [3.05, 3.63) is 23.8 Å². The highest BCUT2D eigenvalue weighted by Crippen LogP contribution is 2.26. The maximum absolute atomic E-state index is 11.9. The van der Waals surface area contributed by atoms with E-state index in [-0.39, 0.29) is 12.6 Å². The third kappa shape index (κ3) is 6.04. The molecule has 0 spiro atoms. The summed E-state index contributed by atoms with van der Waals surface area (Å²) < 4.78 is 33.8. The van der Waals surface area contributed by atoms with E-state index in [4.69, 9.17) is 9.84 Å². The summed E-state index contributed by atoms with van der Waals surface area (Å²) >= 11 is 0. The molecule has 0 radical (unpaired) electrons. The van der Waals surface area contributed by atoms with Crippen LogP contribution in [-0.4, -0.2) is 33.3 Å². The number of methoxy groups -OCH3 is 1. The molecule has 0 unspecified atom stereocenters. The van der Waals surface area contributed by atoms with Crippen molar-refractivity contribution < 1.29 is 18.3 Å². The van der Waals surface area contributed by atoms with Gasteiger partial charge in [0.25, 0.3) is 10.2 Å². The second-order valence-electron chi connectivity index (χ2n) is 4.57. The monoisotopic (exact) mass is 312 g/mol. The van der Waals surface area contributed by atoms with Crippen molar-refractivity contribution in [3.8, 4) is 17.6 Å². The number of anilines is 1. The van der Waals surface area contributed by atoms with Crippen LogP contribution in [0.1, 0.15) is 25.8 Å². The topological polar surface area (TPSA) is 87.7 Å². The van der Waals surface area contributed by atoms with Gasteiger partial charge in [0.15, 0.2) is 0 Å². The minimum absolute atomic E-state index is 0.0129. The Morgan fingerprint density at radius 1 is 1.38 bits per heavy atom. The van der Waals surface area contributed by atoms with E-state index in [2.05, 4.69) is 21.3 Å². The fraction of sp³-hybridized carbons (Fsp3) is 0.429. The summed E-state index contributed by atoms with van der Waals surface area (Å²) in [6.45, 7) is 3.45. The summed E-state index contributed by atoms with van der Waals surface area (Å²) in [4.78, 5) is 0. The predicted octanol–water partition coefficient (Wildman–Crippen LogP) is 1.08. The summed E-state index contributed by atoms with van der Waals surface area (Å²) in [6.07, 6.45) is 0.363. The number of ether oxygens (including phenoxy) is 1. The van der Waals surface area contributed by atoms with Crippen LogP contribution in [0.2, 0.25) is 0 Å². The Labute approximate surface area is 125 Å². The molecule has 1 rings (SSSR count). The molecule has 0 saturated carbocycles. The van der Waals surface area contributed by atoms with Gasteiger partial charge in [0.2, 0.25) is 0 Å². The zero-order valence-corrected chi connectivity index (χ0v) is 13.1. The van der Waals surface area contributed by atoms with Crippen LogP contribution in [0.4, 0.5) is 5.69 Å². The number of rotatable bonds is 6. The molecule has 21 heavy (non-hydrogen) atoms. The molecule has 0 atom stereocenters. The van der Waals surface area contributed by atoms with E-state index < -0.39 is 10.2 Å². The Bertz CT molecular complexity index is 630. The quantitative estimate of drug-likeness (QED) is 0.686. The molecule has 0 fully saturated rings. The summed E-state index contributed by atoms with van der Waals surface area (Å²) in [6, 6.07) is 4.72. The van der Waals surface area contributed by atoms with Gasteiger partial charge in [-0.25, -0.2) is 0 Å². The van der Waals surface area contributed by atoms with Crippen LogP contribution in [0, 0.1) is 11.8 Å². The van der Waals surface area contributed by atoms with Crippen LogP contribution in [0.3, 0.4) is 0 Å². The Morgan fingerprint density at radius 3 is 2.67 bits per heavy atom. The number of aliphatic hydroxyl groups is 1. The lowest BCUT2D eigenvalue weighted by Crippen LogP contribution is -2.35. The standard InChI is InChI=1S/C14H20N2O4S/c1-11(2)15-21(18,19)16-13-10-12(6-4-5-9-17)7-8-14(13)20-3/h7-8,10-11,15-17H,5,9H2,1-3H3. The van der Waals surface area contributed by atoms with Crippen LogP contribution in [0.5, 0.6) is 5.75 Å². The van der Waals surface area contributed by atoms with Crippen molar-refractivity contribution in [3.63, 3.8) is 0 Å². The van der Waals surface area contributed by atoms with Gasteiger partial charge in [-0.2, -0.15) is 13.1 Å². The summed E-state index contributed by atoms with van der Waals surface area (Å²) in [5.74, 6) is 6.02. The van der Waals surface area contributed by atoms with Gasteiger partial charge in [-0.05, 0) is 32.0 Å². The third-order valence-electron chi connectivity index (χ3n) is 2.30. The normalized spacial score (nSPS) is 10.9. The molecular formula is C14H20N2O4S. The lowest BCUT2D eigenvalue weighted by atomic mass is 10.2. The van der Waals surface area contributed by atoms with Gasteiger partial charge in [0.1, 0.15) is 5.75 Å². The molecule has 0 bridgehead atoms. The largest absolute Gasteiger partial charge is 0.495 e. The second kappa shape index (κ2) is 7.88. The van der Waals surface area contributed by atoms with Gasteiger partial charge >= 0.3 is 0 Å². The van der Waals surface area contributed by atoms with Gasteiger partial charge in [-0.3, -0.25) is 4.72 Å². The maximum atomic E-state index is 11.9. The molecule has 1 aromatic rings. The van der Waals surface area contributed by atoms with Crippen molar-refractivity contribution in [1.29, 1.82) is 0 Å². The van der Waals surface area contributed by atoms with Gasteiger partial charge < -0.3 is 9.84 Å². The van der Waals surface area contributed by atoms with E-state index in [0.29, 0.717) is 23.4 Å². The SMILES string of the molecule is COc1ccc(C#CCCO)cc1NS(=O)(=O)NC(C)C. The summed E-state index contributed by atoms with van der Waals surface area (Å²) in [5.41, 5.74) is 0.938. The Hall–Kier alpha value is -1.75. The van der Waals surface area contributed by atoms with Crippen molar-refractivity contribution in [2.75, 3.05) is 18.4 Å². The zero-order valence-electron chi connectivity index (χ0n) is 12.3. The van der Waals surface area contributed by atoms with Crippen molar-refractivity contribution in [1.82, 2.24) is 4.72 Å². The van der Waals surface area contributed by atoms with E-state index in [1.54, 1.807) is 32.0 Å². The highest BCUT2D eigenvalue weighted by Gasteiger charge is 2.14. The first-order valence-electron chi connectivity index (χ1n) is 6.46. The number of benzene rings is 1. The highest BCUT2D eigenvalue weighted by molar-refractivity contribution is 7.90. The summed E-state index contributed by atoms with van der Waals surface area (Å²) in [5, 5.41) is 8.70. The molecule has 116 valence electrons. The number of hydrogen-bond donors (Lipinski definition) is 3. The van der Waals surface area contributed by atoms with E-state index in [0.717, 1.165) is 0 Å². The predicted molar refractivity (Wildman–Crippen MR) is 82.4 cm³/mol. The number of aliphatic hydroxyl groups excluding tert-OH is 1. The number of hydrogen-bond acceptors (Lipinski definition) is 4. The smallest absolute Gasteiger partial charge is 0.299 e. The van der Waals surface area contributed by atoms with Gasteiger partial charge in [0.05, 0.1) is 19.4 Å². The van der Waals surface area contributed by atoms with Crippen molar-refractivity contribution >= 4 is 15.9 Å². The first kappa shape index (κ1) is 17.3. The van der Waals surface area contributed by atoms with E-state index in [1.165, 1.54) is 7.11 Å². The molecule has 0 aromatic heterocycles. The van der Waals surface area contributed by atoms with E-state index >= 15 is 0 Å². The van der Waals surface area contributed by atoms with Crippen LogP contribution in [-0.2, 0) is 10.2 Å². The van der Waals surface area contributed by atoms with Crippen LogP contribution < -0.4 is 14.2 Å². The Kier molecular flexibility index (Phi) is 6.49. The van der Waals surface area contributed by atoms with Gasteiger partial charge in [-0.1, -0.05) is 11.8 Å². The number of nitrogens with one attached hydrogen (secondary N) is 2. The fourth-order valence-electron chi connectivity index (χ4n) is 1.57. The Balaban J connectivity index is 3.04. The molecular weight excluding hydrogens is 292 g/mol. The molecule has 3 N–H and O–H groups in total. The lowest BCUT2D eigenvalue weighted by molar-refractivity contribution is 0.305. The molecule has 0 amide bonds.